The van der Waals surface area contributed by atoms with Crippen LogP contribution in [0.2, 0.25) is 5.02 Å². The van der Waals surface area contributed by atoms with Gasteiger partial charge in [0.25, 0.3) is 5.91 Å². The summed E-state index contributed by atoms with van der Waals surface area (Å²) in [4.78, 5) is 18.1. The van der Waals surface area contributed by atoms with E-state index >= 15 is 0 Å². The first-order chi connectivity index (χ1) is 13.3. The fraction of sp³-hybridized carbons (Fsp3) is 0.292. The van der Waals surface area contributed by atoms with Crippen LogP contribution >= 0.6 is 11.6 Å². The number of rotatable bonds is 2. The van der Waals surface area contributed by atoms with Crippen molar-refractivity contribution in [1.29, 1.82) is 0 Å². The monoisotopic (exact) mass is 392 g/mol. The number of benzene rings is 2. The van der Waals surface area contributed by atoms with E-state index in [4.69, 9.17) is 11.6 Å². The fourth-order valence-electron chi connectivity index (χ4n) is 3.78. The molecular formula is C24H25ClN2O. The van der Waals surface area contributed by atoms with Gasteiger partial charge in [0.15, 0.2) is 0 Å². The molecule has 0 saturated heterocycles. The normalized spacial score (nSPS) is 15.0. The Bertz CT molecular complexity index is 1050. The van der Waals surface area contributed by atoms with Crippen LogP contribution in [0.25, 0.3) is 16.5 Å². The van der Waals surface area contributed by atoms with Crippen LogP contribution in [0.5, 0.6) is 0 Å². The van der Waals surface area contributed by atoms with Gasteiger partial charge in [0, 0.05) is 35.8 Å². The van der Waals surface area contributed by atoms with E-state index in [9.17, 15) is 4.79 Å². The molecule has 0 spiro atoms. The number of fused-ring (bicyclic) bond motifs is 1. The predicted octanol–water partition coefficient (Wildman–Crippen LogP) is 6.05. The van der Waals surface area contributed by atoms with Crippen LogP contribution in [-0.4, -0.2) is 28.9 Å². The van der Waals surface area contributed by atoms with Gasteiger partial charge in [-0.25, -0.2) is 0 Å². The van der Waals surface area contributed by atoms with Gasteiger partial charge in [-0.1, -0.05) is 62.7 Å². The van der Waals surface area contributed by atoms with Crippen molar-refractivity contribution in [3.8, 4) is 0 Å². The summed E-state index contributed by atoms with van der Waals surface area (Å²) in [6.07, 6.45) is 5.02. The van der Waals surface area contributed by atoms with Gasteiger partial charge in [0.1, 0.15) is 0 Å². The Labute approximate surface area is 171 Å². The van der Waals surface area contributed by atoms with E-state index in [0.29, 0.717) is 6.54 Å². The number of halogens is 1. The first-order valence-electron chi connectivity index (χ1n) is 9.69. The number of nitrogens with zero attached hydrogens (tertiary/aromatic N) is 1. The average molecular weight is 393 g/mol. The maximum Gasteiger partial charge on any atom is 0.254 e. The third kappa shape index (κ3) is 3.47. The van der Waals surface area contributed by atoms with Crippen LogP contribution in [0.1, 0.15) is 48.7 Å². The molecule has 0 saturated carbocycles. The summed E-state index contributed by atoms with van der Waals surface area (Å²) in [5.74, 6) is 0.0951. The topological polar surface area (TPSA) is 36.1 Å². The van der Waals surface area contributed by atoms with Crippen molar-refractivity contribution >= 4 is 34.0 Å². The van der Waals surface area contributed by atoms with Gasteiger partial charge in [0.2, 0.25) is 0 Å². The van der Waals surface area contributed by atoms with Gasteiger partial charge in [-0.15, -0.1) is 0 Å². The lowest BCUT2D eigenvalue weighted by Gasteiger charge is -2.27. The number of para-hydroxylation sites is 1. The second kappa shape index (κ2) is 7.14. The van der Waals surface area contributed by atoms with Gasteiger partial charge in [-0.2, -0.15) is 0 Å². The molecule has 0 radical (unpaired) electrons. The highest BCUT2D eigenvalue weighted by molar-refractivity contribution is 6.35. The number of hydrogen-bond acceptors (Lipinski definition) is 1. The Kier molecular flexibility index (Phi) is 4.80. The highest BCUT2D eigenvalue weighted by Crippen LogP contribution is 2.32. The smallest absolute Gasteiger partial charge is 0.254 e. The Morgan fingerprint density at radius 3 is 2.50 bits per heavy atom. The molecule has 3 aromatic rings. The summed E-state index contributed by atoms with van der Waals surface area (Å²) in [6, 6.07) is 14.0. The fourth-order valence-corrected chi connectivity index (χ4v) is 4.01. The molecule has 144 valence electrons. The molecule has 0 unspecified atom stereocenters. The van der Waals surface area contributed by atoms with Crippen molar-refractivity contribution in [2.24, 2.45) is 0 Å². The average Bonchev–Trinajstić information content (AvgIpc) is 3.12. The highest BCUT2D eigenvalue weighted by Gasteiger charge is 2.21. The number of carbonyl (C=O) groups excluding carboxylic acids is 1. The van der Waals surface area contributed by atoms with E-state index < -0.39 is 0 Å². The maximum absolute atomic E-state index is 12.9. The zero-order valence-electron chi connectivity index (χ0n) is 16.6. The number of H-pyrrole nitrogens is 1. The first kappa shape index (κ1) is 18.8. The van der Waals surface area contributed by atoms with Crippen molar-refractivity contribution in [3.05, 3.63) is 76.5 Å². The molecule has 1 N–H and O–H groups in total. The van der Waals surface area contributed by atoms with Crippen molar-refractivity contribution in [1.82, 2.24) is 9.88 Å². The number of nitrogens with one attached hydrogen (secondary N) is 1. The van der Waals surface area contributed by atoms with Crippen molar-refractivity contribution < 1.29 is 4.79 Å². The first-order valence-corrected chi connectivity index (χ1v) is 10.1. The molecule has 1 aliphatic rings. The molecule has 0 atom stereocenters. The molecule has 0 fully saturated rings. The Morgan fingerprint density at radius 2 is 1.86 bits per heavy atom. The number of aromatic amines is 1. The molecule has 0 bridgehead atoms. The lowest BCUT2D eigenvalue weighted by molar-refractivity contribution is 0.0773. The summed E-state index contributed by atoms with van der Waals surface area (Å²) in [5.41, 5.74) is 5.50. The molecule has 4 heteroatoms. The van der Waals surface area contributed by atoms with Gasteiger partial charge in [-0.3, -0.25) is 4.79 Å². The number of aromatic nitrogens is 1. The van der Waals surface area contributed by atoms with Crippen molar-refractivity contribution in [3.63, 3.8) is 0 Å². The van der Waals surface area contributed by atoms with Gasteiger partial charge in [0.05, 0.1) is 10.5 Å². The maximum atomic E-state index is 12.9. The second-order valence-electron chi connectivity index (χ2n) is 8.42. The quantitative estimate of drug-likeness (QED) is 0.566. The zero-order chi connectivity index (χ0) is 19.9. The van der Waals surface area contributed by atoms with Crippen LogP contribution in [0.3, 0.4) is 0 Å². The van der Waals surface area contributed by atoms with E-state index in [-0.39, 0.29) is 11.3 Å². The molecule has 2 heterocycles. The molecule has 4 rings (SSSR count). The summed E-state index contributed by atoms with van der Waals surface area (Å²) in [6.45, 7) is 7.89. The number of amides is 1. The molecule has 3 nitrogen and oxygen atoms in total. The summed E-state index contributed by atoms with van der Waals surface area (Å²) in [5, 5.41) is 1.87. The Balaban J connectivity index is 1.52. The summed E-state index contributed by atoms with van der Waals surface area (Å²) >= 11 is 6.28. The Hall–Kier alpha value is -2.52. The molecule has 0 aliphatic carbocycles. The second-order valence-corrected chi connectivity index (χ2v) is 8.83. The largest absolute Gasteiger partial charge is 0.359 e. The zero-order valence-corrected chi connectivity index (χ0v) is 17.3. The predicted molar refractivity (Wildman–Crippen MR) is 117 cm³/mol. The molecule has 28 heavy (non-hydrogen) atoms. The van der Waals surface area contributed by atoms with Gasteiger partial charge in [-0.05, 0) is 41.2 Å². The van der Waals surface area contributed by atoms with Crippen LogP contribution < -0.4 is 0 Å². The highest BCUT2D eigenvalue weighted by atomic mass is 35.5. The summed E-state index contributed by atoms with van der Waals surface area (Å²) in [7, 11) is 0. The minimum Gasteiger partial charge on any atom is -0.359 e. The minimum absolute atomic E-state index is 0.0899. The molecule has 1 amide bonds. The van der Waals surface area contributed by atoms with Crippen molar-refractivity contribution in [2.45, 2.75) is 32.6 Å². The number of carbonyl (C=O) groups is 1. The van der Waals surface area contributed by atoms with Crippen molar-refractivity contribution in [2.75, 3.05) is 13.1 Å². The third-order valence-corrected chi connectivity index (χ3v) is 5.82. The molecule has 2 aromatic carbocycles. The van der Waals surface area contributed by atoms with Gasteiger partial charge < -0.3 is 9.88 Å². The van der Waals surface area contributed by atoms with E-state index in [2.05, 4.69) is 50.0 Å². The lowest BCUT2D eigenvalue weighted by atomic mass is 9.86. The minimum atomic E-state index is 0.0899. The molecule has 1 aromatic heterocycles. The van der Waals surface area contributed by atoms with Crippen LogP contribution in [0, 0.1) is 0 Å². The number of hydrogen-bond donors (Lipinski definition) is 1. The molecular weight excluding hydrogens is 368 g/mol. The molecule has 1 aliphatic heterocycles. The van der Waals surface area contributed by atoms with E-state index in [1.807, 2.05) is 35.4 Å². The Morgan fingerprint density at radius 1 is 1.11 bits per heavy atom. The van der Waals surface area contributed by atoms with E-state index in [1.54, 1.807) is 0 Å². The van der Waals surface area contributed by atoms with Crippen LogP contribution in [-0.2, 0) is 5.41 Å². The van der Waals surface area contributed by atoms with Crippen LogP contribution in [0.4, 0.5) is 0 Å². The van der Waals surface area contributed by atoms with E-state index in [1.165, 1.54) is 16.7 Å². The third-order valence-electron chi connectivity index (χ3n) is 5.50. The summed E-state index contributed by atoms with van der Waals surface area (Å²) < 4.78 is 0. The standard InChI is InChI=1S/C24H25ClN2O/c1-24(2,3)18-9-7-17(8-10-18)23(28)27-13-11-16(12-14-27)20-15-26-22-19(20)5-4-6-21(22)25/h4-11,15,26H,12-14H2,1-3H3. The van der Waals surface area contributed by atoms with Gasteiger partial charge >= 0.3 is 0 Å². The lowest BCUT2D eigenvalue weighted by Crippen LogP contribution is -2.34. The van der Waals surface area contributed by atoms with E-state index in [0.717, 1.165) is 34.5 Å². The van der Waals surface area contributed by atoms with Crippen LogP contribution in [0.15, 0.2) is 54.7 Å². The SMILES string of the molecule is CC(C)(C)c1ccc(C(=O)N2CC=C(c3c[nH]c4c(Cl)cccc34)CC2)cc1.